The van der Waals surface area contributed by atoms with Gasteiger partial charge in [-0.1, -0.05) is 22.8 Å². The number of carbonyl (C=O) groups excluding carboxylic acids is 1. The summed E-state index contributed by atoms with van der Waals surface area (Å²) in [5.74, 6) is 0.931. The van der Waals surface area contributed by atoms with Crippen molar-refractivity contribution in [3.63, 3.8) is 0 Å². The van der Waals surface area contributed by atoms with Crippen LogP contribution in [-0.2, 0) is 9.63 Å². The molecule has 2 rings (SSSR count). The van der Waals surface area contributed by atoms with Gasteiger partial charge in [-0.05, 0) is 49.7 Å². The molecule has 0 aliphatic rings. The lowest BCUT2D eigenvalue weighted by Gasteiger charge is -2.09. The van der Waals surface area contributed by atoms with Gasteiger partial charge in [0.1, 0.15) is 0 Å². The van der Waals surface area contributed by atoms with Crippen molar-refractivity contribution in [2.75, 3.05) is 25.6 Å². The second-order valence-electron chi connectivity index (χ2n) is 5.36. The van der Waals surface area contributed by atoms with Crippen molar-refractivity contribution < 1.29 is 19.1 Å². The summed E-state index contributed by atoms with van der Waals surface area (Å²) in [5, 5.41) is 7.08. The van der Waals surface area contributed by atoms with Crippen LogP contribution in [0.1, 0.15) is 18.1 Å². The van der Waals surface area contributed by atoms with Crippen LogP contribution in [0.15, 0.2) is 41.6 Å². The lowest BCUT2D eigenvalue weighted by molar-refractivity contribution is -0.120. The number of nitrogens with zero attached hydrogens (tertiary/aromatic N) is 1. The van der Waals surface area contributed by atoms with E-state index in [1.54, 1.807) is 31.4 Å². The maximum atomic E-state index is 11.8. The fourth-order valence-electron chi connectivity index (χ4n) is 2.10. The molecule has 0 spiro atoms. The number of methoxy groups -OCH3 is 1. The first kappa shape index (κ1) is 19.6. The summed E-state index contributed by atoms with van der Waals surface area (Å²) in [6.07, 6.45) is 1.49. The largest absolute Gasteiger partial charge is 0.493 e. The summed E-state index contributed by atoms with van der Waals surface area (Å²) in [5.41, 5.74) is 2.31. The van der Waals surface area contributed by atoms with Gasteiger partial charge in [-0.2, -0.15) is 0 Å². The number of carbonyl (C=O) groups is 1. The minimum Gasteiger partial charge on any atom is -0.493 e. The van der Waals surface area contributed by atoms with Crippen molar-refractivity contribution in [3.05, 3.63) is 52.5 Å². The first-order chi connectivity index (χ1) is 12.5. The van der Waals surface area contributed by atoms with E-state index in [0.29, 0.717) is 28.8 Å². The molecule has 0 bridgehead atoms. The number of benzene rings is 2. The highest BCUT2D eigenvalue weighted by Crippen LogP contribution is 2.27. The van der Waals surface area contributed by atoms with E-state index in [1.165, 1.54) is 6.21 Å². The van der Waals surface area contributed by atoms with Crippen LogP contribution in [0.3, 0.4) is 0 Å². The minimum absolute atomic E-state index is 0.212. The first-order valence-corrected chi connectivity index (χ1v) is 8.43. The summed E-state index contributed by atoms with van der Waals surface area (Å²) in [7, 11) is 1.57. The Morgan fingerprint density at radius 1 is 1.23 bits per heavy atom. The molecule has 0 saturated carbocycles. The number of anilines is 1. The zero-order valence-electron chi connectivity index (χ0n) is 14.9. The zero-order valence-corrected chi connectivity index (χ0v) is 15.7. The van der Waals surface area contributed by atoms with Crippen LogP contribution in [0.4, 0.5) is 5.69 Å². The summed E-state index contributed by atoms with van der Waals surface area (Å²) in [4.78, 5) is 16.9. The molecule has 1 amide bonds. The molecule has 0 aromatic heterocycles. The SMILES string of the molecule is CCOc1ccc(/C=N/OCC(=O)Nc2ccc(C)c(Cl)c2)cc1OC. The Morgan fingerprint density at radius 2 is 2.04 bits per heavy atom. The van der Waals surface area contributed by atoms with Crippen LogP contribution in [0.25, 0.3) is 0 Å². The van der Waals surface area contributed by atoms with Gasteiger partial charge in [-0.25, -0.2) is 0 Å². The predicted molar refractivity (Wildman–Crippen MR) is 103 cm³/mol. The Bertz CT molecular complexity index is 793. The second-order valence-corrected chi connectivity index (χ2v) is 5.77. The lowest BCUT2D eigenvalue weighted by atomic mass is 10.2. The maximum absolute atomic E-state index is 11.8. The Balaban J connectivity index is 1.86. The number of rotatable bonds is 8. The third kappa shape index (κ3) is 5.67. The fourth-order valence-corrected chi connectivity index (χ4v) is 2.28. The molecule has 0 fully saturated rings. The molecule has 26 heavy (non-hydrogen) atoms. The Morgan fingerprint density at radius 3 is 2.73 bits per heavy atom. The molecule has 138 valence electrons. The molecule has 0 saturated heterocycles. The molecule has 0 radical (unpaired) electrons. The topological polar surface area (TPSA) is 69.2 Å². The predicted octanol–water partition coefficient (Wildman–Crippen LogP) is 4.04. The van der Waals surface area contributed by atoms with Crippen LogP contribution in [0.5, 0.6) is 11.5 Å². The molecule has 2 aromatic rings. The number of aryl methyl sites for hydroxylation is 1. The van der Waals surface area contributed by atoms with E-state index < -0.39 is 0 Å². The first-order valence-electron chi connectivity index (χ1n) is 8.05. The van der Waals surface area contributed by atoms with Crippen molar-refractivity contribution in [3.8, 4) is 11.5 Å². The van der Waals surface area contributed by atoms with E-state index in [2.05, 4.69) is 10.5 Å². The van der Waals surface area contributed by atoms with Crippen LogP contribution >= 0.6 is 11.6 Å². The minimum atomic E-state index is -0.327. The summed E-state index contributed by atoms with van der Waals surface area (Å²) in [6.45, 7) is 4.13. The number of amides is 1. The monoisotopic (exact) mass is 376 g/mol. The lowest BCUT2D eigenvalue weighted by Crippen LogP contribution is -2.17. The molecule has 6 nitrogen and oxygen atoms in total. The van der Waals surface area contributed by atoms with Crippen LogP contribution in [0.2, 0.25) is 5.02 Å². The van der Waals surface area contributed by atoms with Gasteiger partial charge in [0.2, 0.25) is 0 Å². The van der Waals surface area contributed by atoms with E-state index in [9.17, 15) is 4.79 Å². The summed E-state index contributed by atoms with van der Waals surface area (Å²) in [6, 6.07) is 10.7. The van der Waals surface area contributed by atoms with E-state index in [-0.39, 0.29) is 12.5 Å². The Hall–Kier alpha value is -2.73. The van der Waals surface area contributed by atoms with Gasteiger partial charge < -0.3 is 19.6 Å². The molecular weight excluding hydrogens is 356 g/mol. The van der Waals surface area contributed by atoms with Crippen LogP contribution in [0, 0.1) is 6.92 Å². The van der Waals surface area contributed by atoms with E-state index >= 15 is 0 Å². The third-order valence-corrected chi connectivity index (χ3v) is 3.82. The molecule has 0 atom stereocenters. The standard InChI is InChI=1S/C19H21ClN2O4/c1-4-25-17-8-6-14(9-18(17)24-3)11-21-26-12-19(23)22-15-7-5-13(2)16(20)10-15/h5-11H,4,12H2,1-3H3,(H,22,23)/b21-11+. The second kappa shape index (κ2) is 9.68. The smallest absolute Gasteiger partial charge is 0.265 e. The van der Waals surface area contributed by atoms with Crippen molar-refractivity contribution >= 4 is 29.4 Å². The molecule has 0 heterocycles. The molecule has 0 aliphatic heterocycles. The number of hydrogen-bond acceptors (Lipinski definition) is 5. The number of nitrogens with one attached hydrogen (secondary N) is 1. The molecule has 1 N–H and O–H groups in total. The number of ether oxygens (including phenoxy) is 2. The highest BCUT2D eigenvalue weighted by atomic mass is 35.5. The molecular formula is C19H21ClN2O4. The van der Waals surface area contributed by atoms with Gasteiger partial charge in [0.25, 0.3) is 5.91 Å². The summed E-state index contributed by atoms with van der Waals surface area (Å²) < 4.78 is 10.7. The van der Waals surface area contributed by atoms with Crippen molar-refractivity contribution in [2.45, 2.75) is 13.8 Å². The van der Waals surface area contributed by atoms with Gasteiger partial charge >= 0.3 is 0 Å². The fraction of sp³-hybridized carbons (Fsp3) is 0.263. The van der Waals surface area contributed by atoms with Crippen molar-refractivity contribution in [1.82, 2.24) is 0 Å². The van der Waals surface area contributed by atoms with E-state index in [1.807, 2.05) is 26.0 Å². The highest BCUT2D eigenvalue weighted by Gasteiger charge is 2.06. The van der Waals surface area contributed by atoms with Gasteiger partial charge in [0, 0.05) is 16.3 Å². The summed E-state index contributed by atoms with van der Waals surface area (Å²) >= 11 is 6.02. The normalized spacial score (nSPS) is 10.6. The third-order valence-electron chi connectivity index (χ3n) is 3.42. The van der Waals surface area contributed by atoms with Crippen molar-refractivity contribution in [2.24, 2.45) is 5.16 Å². The number of halogens is 1. The molecule has 2 aromatic carbocycles. The van der Waals surface area contributed by atoms with E-state index in [0.717, 1.165) is 11.1 Å². The molecule has 0 aliphatic carbocycles. The van der Waals surface area contributed by atoms with Crippen LogP contribution < -0.4 is 14.8 Å². The van der Waals surface area contributed by atoms with Crippen molar-refractivity contribution in [1.29, 1.82) is 0 Å². The van der Waals surface area contributed by atoms with Gasteiger partial charge in [-0.3, -0.25) is 4.79 Å². The number of oxime groups is 1. The van der Waals surface area contributed by atoms with Gasteiger partial charge in [-0.15, -0.1) is 0 Å². The average Bonchev–Trinajstić information content (AvgIpc) is 2.63. The quantitative estimate of drug-likeness (QED) is 0.557. The average molecular weight is 377 g/mol. The van der Waals surface area contributed by atoms with Crippen LogP contribution in [-0.4, -0.2) is 32.4 Å². The maximum Gasteiger partial charge on any atom is 0.265 e. The number of hydrogen-bond donors (Lipinski definition) is 1. The molecule has 0 unspecified atom stereocenters. The zero-order chi connectivity index (χ0) is 18.9. The van der Waals surface area contributed by atoms with Gasteiger partial charge in [0.05, 0.1) is 19.9 Å². The highest BCUT2D eigenvalue weighted by molar-refractivity contribution is 6.31. The Kier molecular flexibility index (Phi) is 7.29. The molecule has 7 heteroatoms. The van der Waals surface area contributed by atoms with Gasteiger partial charge in [0.15, 0.2) is 18.1 Å². The Labute approximate surface area is 157 Å². The van der Waals surface area contributed by atoms with E-state index in [4.69, 9.17) is 25.9 Å².